The van der Waals surface area contributed by atoms with Crippen molar-refractivity contribution in [3.05, 3.63) is 30.5 Å². The summed E-state index contributed by atoms with van der Waals surface area (Å²) in [6.07, 6.45) is 8.56. The molecular weight excluding hydrogens is 272 g/mol. The third-order valence-electron chi connectivity index (χ3n) is 5.47. The highest BCUT2D eigenvalue weighted by atomic mass is 15.2. The van der Waals surface area contributed by atoms with E-state index in [1.807, 2.05) is 24.4 Å². The maximum Gasteiger partial charge on any atom is 0.147 e. The highest BCUT2D eigenvalue weighted by Gasteiger charge is 2.34. The van der Waals surface area contributed by atoms with Crippen molar-refractivity contribution in [3.63, 3.8) is 0 Å². The van der Waals surface area contributed by atoms with Crippen LogP contribution >= 0.6 is 0 Å². The van der Waals surface area contributed by atoms with Crippen molar-refractivity contribution in [1.29, 1.82) is 0 Å². The normalized spacial score (nSPS) is 21.9. The predicted octanol–water partition coefficient (Wildman–Crippen LogP) is 2.99. The van der Waals surface area contributed by atoms with Crippen molar-refractivity contribution < 1.29 is 0 Å². The van der Waals surface area contributed by atoms with Gasteiger partial charge in [-0.05, 0) is 62.7 Å². The van der Waals surface area contributed by atoms with Gasteiger partial charge in [-0.1, -0.05) is 12.1 Å². The molecule has 4 nitrogen and oxygen atoms in total. The van der Waals surface area contributed by atoms with Crippen LogP contribution in [0.4, 0.5) is 5.82 Å². The summed E-state index contributed by atoms with van der Waals surface area (Å²) in [4.78, 5) is 11.8. The lowest BCUT2D eigenvalue weighted by molar-refractivity contribution is 0.178. The van der Waals surface area contributed by atoms with Crippen LogP contribution in [0.25, 0.3) is 11.0 Å². The third kappa shape index (κ3) is 2.68. The van der Waals surface area contributed by atoms with Gasteiger partial charge in [-0.25, -0.2) is 4.98 Å². The summed E-state index contributed by atoms with van der Waals surface area (Å²) >= 11 is 0. The number of benzene rings is 1. The first-order chi connectivity index (χ1) is 10.8. The number of aromatic nitrogens is 2. The lowest BCUT2D eigenvalue weighted by Crippen LogP contribution is -2.37. The lowest BCUT2D eigenvalue weighted by atomic mass is 9.73. The minimum absolute atomic E-state index is 0.574. The SMILES string of the molecule is c1ccc2nc(N3CCCC4(CCNCC4)CC3)cnc2c1. The van der Waals surface area contributed by atoms with E-state index in [1.165, 1.54) is 45.2 Å². The van der Waals surface area contributed by atoms with Crippen LogP contribution < -0.4 is 10.2 Å². The number of fused-ring (bicyclic) bond motifs is 1. The molecule has 116 valence electrons. The molecule has 0 atom stereocenters. The van der Waals surface area contributed by atoms with Crippen LogP contribution in [-0.4, -0.2) is 36.1 Å². The quantitative estimate of drug-likeness (QED) is 0.878. The van der Waals surface area contributed by atoms with Gasteiger partial charge in [0.05, 0.1) is 17.2 Å². The molecule has 0 bridgehead atoms. The van der Waals surface area contributed by atoms with E-state index >= 15 is 0 Å². The zero-order valence-corrected chi connectivity index (χ0v) is 13.1. The summed E-state index contributed by atoms with van der Waals surface area (Å²) in [5.74, 6) is 1.05. The molecular formula is C18H24N4. The highest BCUT2D eigenvalue weighted by Crippen LogP contribution is 2.40. The fraction of sp³-hybridized carbons (Fsp3) is 0.556. The molecule has 2 saturated heterocycles. The molecule has 0 unspecified atom stereocenters. The van der Waals surface area contributed by atoms with E-state index in [4.69, 9.17) is 4.98 Å². The molecule has 4 heteroatoms. The monoisotopic (exact) mass is 296 g/mol. The summed E-state index contributed by atoms with van der Waals surface area (Å²) in [6, 6.07) is 8.13. The van der Waals surface area contributed by atoms with E-state index in [1.54, 1.807) is 0 Å². The molecule has 0 radical (unpaired) electrons. The van der Waals surface area contributed by atoms with Gasteiger partial charge in [-0.15, -0.1) is 0 Å². The third-order valence-corrected chi connectivity index (χ3v) is 5.47. The minimum atomic E-state index is 0.574. The smallest absolute Gasteiger partial charge is 0.147 e. The molecule has 2 aromatic rings. The van der Waals surface area contributed by atoms with E-state index in [0.717, 1.165) is 29.9 Å². The van der Waals surface area contributed by atoms with Gasteiger partial charge < -0.3 is 10.2 Å². The summed E-state index contributed by atoms with van der Waals surface area (Å²) in [7, 11) is 0. The van der Waals surface area contributed by atoms with E-state index in [2.05, 4.69) is 21.3 Å². The average Bonchev–Trinajstić information content (AvgIpc) is 2.78. The van der Waals surface area contributed by atoms with Gasteiger partial charge in [0.1, 0.15) is 5.82 Å². The maximum atomic E-state index is 4.83. The first-order valence-corrected chi connectivity index (χ1v) is 8.52. The second-order valence-electron chi connectivity index (χ2n) is 6.81. The molecule has 22 heavy (non-hydrogen) atoms. The molecule has 2 fully saturated rings. The van der Waals surface area contributed by atoms with Gasteiger partial charge >= 0.3 is 0 Å². The Bertz CT molecular complexity index is 648. The zero-order valence-electron chi connectivity index (χ0n) is 13.1. The number of hydrogen-bond acceptors (Lipinski definition) is 4. The average molecular weight is 296 g/mol. The van der Waals surface area contributed by atoms with E-state index < -0.39 is 0 Å². The van der Waals surface area contributed by atoms with Crippen LogP contribution in [-0.2, 0) is 0 Å². The highest BCUT2D eigenvalue weighted by molar-refractivity contribution is 5.75. The Morgan fingerprint density at radius 2 is 1.77 bits per heavy atom. The fourth-order valence-electron chi connectivity index (χ4n) is 4.04. The number of anilines is 1. The number of para-hydroxylation sites is 2. The summed E-state index contributed by atoms with van der Waals surface area (Å²) < 4.78 is 0. The molecule has 1 aromatic heterocycles. The summed E-state index contributed by atoms with van der Waals surface area (Å²) in [6.45, 7) is 4.61. The van der Waals surface area contributed by atoms with Crippen LogP contribution in [0.15, 0.2) is 30.5 Å². The molecule has 3 heterocycles. The number of hydrogen-bond donors (Lipinski definition) is 1. The number of rotatable bonds is 1. The number of nitrogens with zero attached hydrogens (tertiary/aromatic N) is 3. The Morgan fingerprint density at radius 1 is 0.955 bits per heavy atom. The molecule has 0 saturated carbocycles. The van der Waals surface area contributed by atoms with E-state index in [9.17, 15) is 0 Å². The fourth-order valence-corrected chi connectivity index (χ4v) is 4.04. The number of piperidine rings is 1. The molecule has 2 aliphatic heterocycles. The first kappa shape index (κ1) is 13.9. The summed E-state index contributed by atoms with van der Waals surface area (Å²) in [5, 5.41) is 3.50. The van der Waals surface area contributed by atoms with Gasteiger partial charge in [0.2, 0.25) is 0 Å². The van der Waals surface area contributed by atoms with Crippen molar-refractivity contribution in [2.45, 2.75) is 32.1 Å². The molecule has 0 amide bonds. The Labute approximate surface area is 131 Å². The topological polar surface area (TPSA) is 41.1 Å². The molecule has 1 N–H and O–H groups in total. The van der Waals surface area contributed by atoms with E-state index in [0.29, 0.717) is 5.41 Å². The Hall–Kier alpha value is -1.68. The van der Waals surface area contributed by atoms with Crippen LogP contribution in [0.5, 0.6) is 0 Å². The van der Waals surface area contributed by atoms with Crippen LogP contribution in [0.1, 0.15) is 32.1 Å². The minimum Gasteiger partial charge on any atom is -0.355 e. The molecule has 4 rings (SSSR count). The Kier molecular flexibility index (Phi) is 3.70. The van der Waals surface area contributed by atoms with Crippen LogP contribution in [0, 0.1) is 5.41 Å². The number of nitrogens with one attached hydrogen (secondary N) is 1. The summed E-state index contributed by atoms with van der Waals surface area (Å²) in [5.41, 5.74) is 2.56. The van der Waals surface area contributed by atoms with Crippen molar-refractivity contribution in [3.8, 4) is 0 Å². The lowest BCUT2D eigenvalue weighted by Gasteiger charge is -2.37. The maximum absolute atomic E-state index is 4.83. The second-order valence-corrected chi connectivity index (χ2v) is 6.81. The van der Waals surface area contributed by atoms with Crippen molar-refractivity contribution >= 4 is 16.9 Å². The van der Waals surface area contributed by atoms with Gasteiger partial charge in [-0.3, -0.25) is 4.98 Å². The van der Waals surface area contributed by atoms with Crippen molar-refractivity contribution in [2.24, 2.45) is 5.41 Å². The standard InChI is InChI=1S/C18H24N4/c1-2-5-16-15(4-1)20-14-17(21-16)22-12-3-6-18(9-13-22)7-10-19-11-8-18/h1-2,4-5,14,19H,3,6-13H2. The first-order valence-electron chi connectivity index (χ1n) is 8.52. The second kappa shape index (κ2) is 5.84. The van der Waals surface area contributed by atoms with Gasteiger partial charge in [0, 0.05) is 13.1 Å². The van der Waals surface area contributed by atoms with Gasteiger partial charge in [0.15, 0.2) is 0 Å². The van der Waals surface area contributed by atoms with Gasteiger partial charge in [-0.2, -0.15) is 0 Å². The van der Waals surface area contributed by atoms with Crippen LogP contribution in [0.3, 0.4) is 0 Å². The predicted molar refractivity (Wildman–Crippen MR) is 90.1 cm³/mol. The Balaban J connectivity index is 1.54. The van der Waals surface area contributed by atoms with Crippen LogP contribution in [0.2, 0.25) is 0 Å². The van der Waals surface area contributed by atoms with E-state index in [-0.39, 0.29) is 0 Å². The molecule has 2 aliphatic rings. The zero-order chi connectivity index (χ0) is 14.8. The van der Waals surface area contributed by atoms with Crippen molar-refractivity contribution in [1.82, 2.24) is 15.3 Å². The Morgan fingerprint density at radius 3 is 2.64 bits per heavy atom. The molecule has 0 aliphatic carbocycles. The van der Waals surface area contributed by atoms with Crippen molar-refractivity contribution in [2.75, 3.05) is 31.1 Å². The largest absolute Gasteiger partial charge is 0.355 e. The van der Waals surface area contributed by atoms with Gasteiger partial charge in [0.25, 0.3) is 0 Å². The molecule has 1 spiro atoms. The molecule has 1 aromatic carbocycles.